The molecule has 0 bridgehead atoms. The van der Waals surface area contributed by atoms with Gasteiger partial charge in [-0.25, -0.2) is 4.79 Å². The zero-order chi connectivity index (χ0) is 25.6. The van der Waals surface area contributed by atoms with Crippen LogP contribution in [0.5, 0.6) is 5.75 Å². The first-order valence-electron chi connectivity index (χ1n) is 11.5. The van der Waals surface area contributed by atoms with Crippen LogP contribution in [0.3, 0.4) is 0 Å². The Labute approximate surface area is 207 Å². The van der Waals surface area contributed by atoms with Crippen LogP contribution in [0.1, 0.15) is 54.8 Å². The SMILES string of the molecule is COC(=O)c1ccc(C2c3c(oc4cc(C)c(C)cc4c3=O)C(=O)N2Cc2ccc(OC)cc2)cc1. The fourth-order valence-electron chi connectivity index (χ4n) is 4.63. The van der Waals surface area contributed by atoms with Crippen molar-refractivity contribution < 1.29 is 23.5 Å². The second-order valence-electron chi connectivity index (χ2n) is 8.90. The van der Waals surface area contributed by atoms with Crippen LogP contribution in [-0.4, -0.2) is 31.0 Å². The Balaban J connectivity index is 1.68. The third-order valence-electron chi connectivity index (χ3n) is 6.74. The molecule has 0 radical (unpaired) electrons. The van der Waals surface area contributed by atoms with E-state index >= 15 is 0 Å². The van der Waals surface area contributed by atoms with Crippen molar-refractivity contribution in [1.29, 1.82) is 0 Å². The molecule has 1 aliphatic heterocycles. The van der Waals surface area contributed by atoms with Gasteiger partial charge in [-0.2, -0.15) is 0 Å². The van der Waals surface area contributed by atoms with Crippen LogP contribution in [0.25, 0.3) is 11.0 Å². The van der Waals surface area contributed by atoms with E-state index in [1.54, 1.807) is 42.3 Å². The molecule has 0 spiro atoms. The standard InChI is InChI=1S/C29H25NO6/c1-16-13-22-23(14-17(16)2)36-27-24(26(22)31)25(19-7-9-20(10-8-19)29(33)35-4)30(28(27)32)15-18-5-11-21(34-3)12-6-18/h5-14,25H,15H2,1-4H3. The highest BCUT2D eigenvalue weighted by molar-refractivity contribution is 5.99. The van der Waals surface area contributed by atoms with Gasteiger partial charge in [0, 0.05) is 6.54 Å². The zero-order valence-electron chi connectivity index (χ0n) is 20.5. The number of amides is 1. The monoisotopic (exact) mass is 483 g/mol. The Hall–Kier alpha value is -4.39. The van der Waals surface area contributed by atoms with Gasteiger partial charge in [0.15, 0.2) is 5.43 Å². The van der Waals surface area contributed by atoms with Crippen molar-refractivity contribution in [3.8, 4) is 5.75 Å². The van der Waals surface area contributed by atoms with Crippen LogP contribution >= 0.6 is 0 Å². The molecule has 3 aromatic carbocycles. The van der Waals surface area contributed by atoms with E-state index in [2.05, 4.69) is 0 Å². The number of nitrogens with zero attached hydrogens (tertiary/aromatic N) is 1. The summed E-state index contributed by atoms with van der Waals surface area (Å²) in [6.45, 7) is 4.13. The van der Waals surface area contributed by atoms with Gasteiger partial charge in [-0.3, -0.25) is 9.59 Å². The fraction of sp³-hybridized carbons (Fsp3) is 0.207. The molecule has 0 fully saturated rings. The topological polar surface area (TPSA) is 86.0 Å². The van der Waals surface area contributed by atoms with Crippen LogP contribution < -0.4 is 10.2 Å². The molecule has 1 unspecified atom stereocenters. The maximum Gasteiger partial charge on any atom is 0.337 e. The maximum absolute atomic E-state index is 13.8. The number of hydrogen-bond acceptors (Lipinski definition) is 6. The van der Waals surface area contributed by atoms with Gasteiger partial charge in [-0.1, -0.05) is 24.3 Å². The molecule has 1 aliphatic rings. The van der Waals surface area contributed by atoms with E-state index in [9.17, 15) is 14.4 Å². The number of esters is 1. The molecule has 7 heteroatoms. The van der Waals surface area contributed by atoms with Gasteiger partial charge < -0.3 is 18.8 Å². The normalized spacial score (nSPS) is 14.7. The number of rotatable bonds is 5. The molecule has 7 nitrogen and oxygen atoms in total. The molecule has 5 rings (SSSR count). The lowest BCUT2D eigenvalue weighted by atomic mass is 9.96. The first kappa shape index (κ1) is 23.4. The van der Waals surface area contributed by atoms with Gasteiger partial charge >= 0.3 is 5.97 Å². The number of fused-ring (bicyclic) bond motifs is 2. The van der Waals surface area contributed by atoms with E-state index in [0.717, 1.165) is 16.7 Å². The Bertz CT molecular complexity index is 1550. The Morgan fingerprint density at radius 2 is 1.61 bits per heavy atom. The van der Waals surface area contributed by atoms with E-state index in [0.29, 0.717) is 33.4 Å². The summed E-state index contributed by atoms with van der Waals surface area (Å²) >= 11 is 0. The van der Waals surface area contributed by atoms with E-state index in [1.807, 2.05) is 44.2 Å². The fourth-order valence-corrected chi connectivity index (χ4v) is 4.63. The molecule has 1 aromatic heterocycles. The molecular weight excluding hydrogens is 458 g/mol. The summed E-state index contributed by atoms with van der Waals surface area (Å²) in [5.41, 5.74) is 4.34. The number of methoxy groups -OCH3 is 2. The second-order valence-corrected chi connectivity index (χ2v) is 8.90. The predicted molar refractivity (Wildman–Crippen MR) is 134 cm³/mol. The second kappa shape index (κ2) is 9.00. The zero-order valence-corrected chi connectivity index (χ0v) is 20.5. The van der Waals surface area contributed by atoms with Gasteiger partial charge in [-0.05, 0) is 72.5 Å². The largest absolute Gasteiger partial charge is 0.497 e. The van der Waals surface area contributed by atoms with Gasteiger partial charge in [0.2, 0.25) is 5.76 Å². The van der Waals surface area contributed by atoms with Crippen molar-refractivity contribution in [3.05, 3.63) is 110 Å². The average Bonchev–Trinajstić information content (AvgIpc) is 3.16. The number of aryl methyl sites for hydroxylation is 2. The maximum atomic E-state index is 13.8. The lowest BCUT2D eigenvalue weighted by Gasteiger charge is -2.25. The van der Waals surface area contributed by atoms with Gasteiger partial charge in [0.1, 0.15) is 11.3 Å². The molecule has 1 atom stereocenters. The van der Waals surface area contributed by atoms with Gasteiger partial charge in [-0.15, -0.1) is 0 Å². The predicted octanol–water partition coefficient (Wildman–Crippen LogP) is 4.95. The van der Waals surface area contributed by atoms with Gasteiger partial charge in [0.25, 0.3) is 5.91 Å². The van der Waals surface area contributed by atoms with E-state index in [-0.39, 0.29) is 23.6 Å². The van der Waals surface area contributed by atoms with Crippen LogP contribution in [0.4, 0.5) is 0 Å². The minimum Gasteiger partial charge on any atom is -0.497 e. The quantitative estimate of drug-likeness (QED) is 0.374. The molecule has 182 valence electrons. The summed E-state index contributed by atoms with van der Waals surface area (Å²) in [6.07, 6.45) is 0. The number of ether oxygens (including phenoxy) is 2. The Morgan fingerprint density at radius 3 is 2.25 bits per heavy atom. The minimum atomic E-state index is -0.677. The van der Waals surface area contributed by atoms with E-state index in [4.69, 9.17) is 13.9 Å². The molecule has 0 saturated heterocycles. The van der Waals surface area contributed by atoms with Crippen LogP contribution in [0.15, 0.2) is 69.9 Å². The van der Waals surface area contributed by atoms with Crippen molar-refractivity contribution in [3.63, 3.8) is 0 Å². The lowest BCUT2D eigenvalue weighted by molar-refractivity contribution is 0.0599. The third-order valence-corrected chi connectivity index (χ3v) is 6.74. The van der Waals surface area contributed by atoms with Crippen molar-refractivity contribution in [2.75, 3.05) is 14.2 Å². The summed E-state index contributed by atoms with van der Waals surface area (Å²) in [7, 11) is 2.91. The van der Waals surface area contributed by atoms with E-state index < -0.39 is 12.0 Å². The minimum absolute atomic E-state index is 0.0475. The van der Waals surface area contributed by atoms with Crippen molar-refractivity contribution in [2.45, 2.75) is 26.4 Å². The van der Waals surface area contributed by atoms with E-state index in [1.165, 1.54) is 7.11 Å². The molecule has 0 N–H and O–H groups in total. The lowest BCUT2D eigenvalue weighted by Crippen LogP contribution is -2.29. The summed E-state index contributed by atoms with van der Waals surface area (Å²) in [5.74, 6) is -0.0687. The summed E-state index contributed by atoms with van der Waals surface area (Å²) < 4.78 is 16.1. The highest BCUT2D eigenvalue weighted by Gasteiger charge is 2.42. The molecule has 0 saturated carbocycles. The molecule has 4 aromatic rings. The van der Waals surface area contributed by atoms with Crippen LogP contribution in [0, 0.1) is 13.8 Å². The first-order chi connectivity index (χ1) is 17.3. The number of carbonyl (C=O) groups excluding carboxylic acids is 2. The van der Waals surface area contributed by atoms with Crippen molar-refractivity contribution >= 4 is 22.8 Å². The Morgan fingerprint density at radius 1 is 0.944 bits per heavy atom. The van der Waals surface area contributed by atoms with Crippen molar-refractivity contribution in [2.24, 2.45) is 0 Å². The molecule has 1 amide bonds. The summed E-state index contributed by atoms with van der Waals surface area (Å²) in [5, 5.41) is 0.437. The smallest absolute Gasteiger partial charge is 0.337 e. The summed E-state index contributed by atoms with van der Waals surface area (Å²) in [6, 6.07) is 17.1. The van der Waals surface area contributed by atoms with Crippen molar-refractivity contribution in [1.82, 2.24) is 4.90 Å². The first-order valence-corrected chi connectivity index (χ1v) is 11.5. The van der Waals surface area contributed by atoms with Crippen LogP contribution in [-0.2, 0) is 11.3 Å². The number of benzene rings is 3. The highest BCUT2D eigenvalue weighted by Crippen LogP contribution is 2.39. The number of hydrogen-bond donors (Lipinski definition) is 0. The molecule has 36 heavy (non-hydrogen) atoms. The highest BCUT2D eigenvalue weighted by atomic mass is 16.5. The molecular formula is C29H25NO6. The summed E-state index contributed by atoms with van der Waals surface area (Å²) in [4.78, 5) is 41.0. The molecule has 0 aliphatic carbocycles. The average molecular weight is 484 g/mol. The Kier molecular flexibility index (Phi) is 5.84. The van der Waals surface area contributed by atoms with Gasteiger partial charge in [0.05, 0.1) is 36.8 Å². The van der Waals surface area contributed by atoms with Crippen LogP contribution in [0.2, 0.25) is 0 Å². The third kappa shape index (κ3) is 3.82. The number of carbonyl (C=O) groups is 2. The molecule has 2 heterocycles.